The number of nitrogens with two attached hydrogens (primary N) is 1. The van der Waals surface area contributed by atoms with Crippen LogP contribution in [0.5, 0.6) is 0 Å². The van der Waals surface area contributed by atoms with Crippen molar-refractivity contribution in [2.24, 2.45) is 11.7 Å². The lowest BCUT2D eigenvalue weighted by Gasteiger charge is -2.09. The van der Waals surface area contributed by atoms with Gasteiger partial charge in [-0.05, 0) is 38.0 Å². The van der Waals surface area contributed by atoms with E-state index in [0.717, 1.165) is 32.0 Å². The molecule has 1 atom stereocenters. The number of unbranched alkanes of at least 4 members (excludes halogenated alkanes) is 1. The van der Waals surface area contributed by atoms with Crippen molar-refractivity contribution in [2.45, 2.75) is 51.5 Å². The van der Waals surface area contributed by atoms with Gasteiger partial charge in [-0.25, -0.2) is 0 Å². The number of hydrogen-bond donors (Lipinski definition) is 1. The van der Waals surface area contributed by atoms with E-state index in [4.69, 9.17) is 10.5 Å². The summed E-state index contributed by atoms with van der Waals surface area (Å²) < 4.78 is 5.47. The lowest BCUT2D eigenvalue weighted by atomic mass is 10.1. The van der Waals surface area contributed by atoms with Gasteiger partial charge >= 0.3 is 0 Å². The average molecular weight is 185 g/mol. The van der Waals surface area contributed by atoms with E-state index >= 15 is 0 Å². The van der Waals surface area contributed by atoms with Gasteiger partial charge in [-0.2, -0.15) is 0 Å². The summed E-state index contributed by atoms with van der Waals surface area (Å²) in [5.41, 5.74) is 5.96. The second kappa shape index (κ2) is 6.39. The monoisotopic (exact) mass is 185 g/mol. The topological polar surface area (TPSA) is 35.2 Å². The summed E-state index contributed by atoms with van der Waals surface area (Å²) in [6, 6.07) is 0.453. The predicted octanol–water partition coefficient (Wildman–Crippen LogP) is 2.32. The predicted molar refractivity (Wildman–Crippen MR) is 55.7 cm³/mol. The zero-order chi connectivity index (χ0) is 9.52. The summed E-state index contributed by atoms with van der Waals surface area (Å²) in [6.45, 7) is 4.02. The van der Waals surface area contributed by atoms with E-state index in [0.29, 0.717) is 6.04 Å². The molecule has 1 unspecified atom stereocenters. The lowest BCUT2D eigenvalue weighted by Crippen LogP contribution is -2.22. The molecular weight excluding hydrogens is 162 g/mol. The maximum atomic E-state index is 5.96. The van der Waals surface area contributed by atoms with Gasteiger partial charge in [0, 0.05) is 19.3 Å². The molecule has 0 heterocycles. The molecule has 0 bridgehead atoms. The van der Waals surface area contributed by atoms with E-state index in [2.05, 4.69) is 6.92 Å². The normalized spacial score (nSPS) is 18.9. The molecule has 2 heteroatoms. The molecule has 0 saturated heterocycles. The van der Waals surface area contributed by atoms with Gasteiger partial charge in [-0.1, -0.05) is 13.3 Å². The maximum absolute atomic E-state index is 5.96. The highest BCUT2D eigenvalue weighted by atomic mass is 16.5. The molecule has 0 aromatic heterocycles. The van der Waals surface area contributed by atoms with Crippen LogP contribution < -0.4 is 5.73 Å². The van der Waals surface area contributed by atoms with Crippen LogP contribution in [0.15, 0.2) is 0 Å². The van der Waals surface area contributed by atoms with E-state index in [1.807, 2.05) is 0 Å². The molecule has 0 radical (unpaired) electrons. The third-order valence-electron chi connectivity index (χ3n) is 2.70. The van der Waals surface area contributed by atoms with Crippen LogP contribution in [0.2, 0.25) is 0 Å². The SMILES string of the molecule is CCCCOCCCC(N)C1CC1. The van der Waals surface area contributed by atoms with E-state index in [1.165, 1.54) is 25.7 Å². The van der Waals surface area contributed by atoms with Crippen molar-refractivity contribution in [3.8, 4) is 0 Å². The Morgan fingerprint density at radius 1 is 1.31 bits per heavy atom. The highest BCUT2D eigenvalue weighted by Gasteiger charge is 2.27. The minimum Gasteiger partial charge on any atom is -0.381 e. The Kier molecular flexibility index (Phi) is 5.40. The summed E-state index contributed by atoms with van der Waals surface area (Å²) in [7, 11) is 0. The van der Waals surface area contributed by atoms with Crippen LogP contribution >= 0.6 is 0 Å². The van der Waals surface area contributed by atoms with Crippen molar-refractivity contribution in [2.75, 3.05) is 13.2 Å². The molecule has 2 N–H and O–H groups in total. The lowest BCUT2D eigenvalue weighted by molar-refractivity contribution is 0.125. The Hall–Kier alpha value is -0.0800. The van der Waals surface area contributed by atoms with Crippen LogP contribution in [0.1, 0.15) is 45.4 Å². The number of hydrogen-bond acceptors (Lipinski definition) is 2. The molecule has 0 spiro atoms. The van der Waals surface area contributed by atoms with Crippen LogP contribution in [0, 0.1) is 5.92 Å². The van der Waals surface area contributed by atoms with Gasteiger partial charge in [-0.15, -0.1) is 0 Å². The fraction of sp³-hybridized carbons (Fsp3) is 1.00. The first-order valence-corrected chi connectivity index (χ1v) is 5.68. The Morgan fingerprint density at radius 2 is 2.00 bits per heavy atom. The highest BCUT2D eigenvalue weighted by molar-refractivity contribution is 4.83. The van der Waals surface area contributed by atoms with Crippen molar-refractivity contribution in [3.63, 3.8) is 0 Å². The molecule has 2 nitrogen and oxygen atoms in total. The third-order valence-corrected chi connectivity index (χ3v) is 2.70. The van der Waals surface area contributed by atoms with Crippen molar-refractivity contribution in [1.29, 1.82) is 0 Å². The summed E-state index contributed by atoms with van der Waals surface area (Å²) in [5.74, 6) is 0.843. The smallest absolute Gasteiger partial charge is 0.0466 e. The molecule has 78 valence electrons. The zero-order valence-electron chi connectivity index (χ0n) is 8.80. The third kappa shape index (κ3) is 5.27. The molecule has 13 heavy (non-hydrogen) atoms. The largest absolute Gasteiger partial charge is 0.381 e. The first kappa shape index (κ1) is 11.0. The molecule has 1 fully saturated rings. The van der Waals surface area contributed by atoms with E-state index in [-0.39, 0.29) is 0 Å². The molecular formula is C11H23NO. The Morgan fingerprint density at radius 3 is 2.62 bits per heavy atom. The Bertz CT molecular complexity index is 123. The van der Waals surface area contributed by atoms with E-state index < -0.39 is 0 Å². The quantitative estimate of drug-likeness (QED) is 0.589. The molecule has 1 rings (SSSR count). The van der Waals surface area contributed by atoms with Gasteiger partial charge < -0.3 is 10.5 Å². The fourth-order valence-corrected chi connectivity index (χ4v) is 1.53. The summed E-state index contributed by atoms with van der Waals surface area (Å²) in [5, 5.41) is 0. The number of rotatable bonds is 8. The van der Waals surface area contributed by atoms with Crippen LogP contribution in [-0.4, -0.2) is 19.3 Å². The second-order valence-corrected chi connectivity index (χ2v) is 4.11. The maximum Gasteiger partial charge on any atom is 0.0466 e. The van der Waals surface area contributed by atoms with Gasteiger partial charge in [0.05, 0.1) is 0 Å². The van der Waals surface area contributed by atoms with Gasteiger partial charge in [0.2, 0.25) is 0 Å². The molecule has 0 aromatic rings. The van der Waals surface area contributed by atoms with Gasteiger partial charge in [0.1, 0.15) is 0 Å². The first-order chi connectivity index (χ1) is 6.34. The summed E-state index contributed by atoms with van der Waals surface area (Å²) in [6.07, 6.45) is 7.42. The molecule has 1 aliphatic carbocycles. The first-order valence-electron chi connectivity index (χ1n) is 5.68. The van der Waals surface area contributed by atoms with E-state index in [9.17, 15) is 0 Å². The van der Waals surface area contributed by atoms with Crippen molar-refractivity contribution in [3.05, 3.63) is 0 Å². The molecule has 0 amide bonds. The van der Waals surface area contributed by atoms with Crippen LogP contribution in [0.25, 0.3) is 0 Å². The van der Waals surface area contributed by atoms with E-state index in [1.54, 1.807) is 0 Å². The Labute approximate surface area is 81.8 Å². The number of ether oxygens (including phenoxy) is 1. The molecule has 1 aliphatic rings. The Balaban J connectivity index is 1.77. The molecule has 1 saturated carbocycles. The highest BCUT2D eigenvalue weighted by Crippen LogP contribution is 2.33. The average Bonchev–Trinajstić information content (AvgIpc) is 2.93. The minimum absolute atomic E-state index is 0.453. The van der Waals surface area contributed by atoms with Crippen LogP contribution in [0.4, 0.5) is 0 Å². The van der Waals surface area contributed by atoms with Crippen molar-refractivity contribution >= 4 is 0 Å². The fourth-order valence-electron chi connectivity index (χ4n) is 1.53. The van der Waals surface area contributed by atoms with Crippen molar-refractivity contribution < 1.29 is 4.74 Å². The van der Waals surface area contributed by atoms with Gasteiger partial charge in [-0.3, -0.25) is 0 Å². The van der Waals surface area contributed by atoms with Crippen LogP contribution in [-0.2, 0) is 4.74 Å². The second-order valence-electron chi connectivity index (χ2n) is 4.11. The summed E-state index contributed by atoms with van der Waals surface area (Å²) in [4.78, 5) is 0. The standard InChI is InChI=1S/C11H23NO/c1-2-3-8-13-9-4-5-11(12)10-6-7-10/h10-11H,2-9,12H2,1H3. The molecule has 0 aromatic carbocycles. The molecule has 0 aliphatic heterocycles. The van der Waals surface area contributed by atoms with Gasteiger partial charge in [0.15, 0.2) is 0 Å². The minimum atomic E-state index is 0.453. The zero-order valence-corrected chi connectivity index (χ0v) is 8.80. The summed E-state index contributed by atoms with van der Waals surface area (Å²) >= 11 is 0. The van der Waals surface area contributed by atoms with Crippen molar-refractivity contribution in [1.82, 2.24) is 0 Å². The van der Waals surface area contributed by atoms with Crippen LogP contribution in [0.3, 0.4) is 0 Å². The van der Waals surface area contributed by atoms with Gasteiger partial charge in [0.25, 0.3) is 0 Å².